The van der Waals surface area contributed by atoms with Crippen molar-refractivity contribution in [2.75, 3.05) is 6.61 Å². The van der Waals surface area contributed by atoms with Gasteiger partial charge in [-0.2, -0.15) is 0 Å². The minimum atomic E-state index is -2.33. The van der Waals surface area contributed by atoms with Crippen LogP contribution in [-0.4, -0.2) is 15.4 Å². The average molecular weight is 285 g/mol. The monoisotopic (exact) mass is 285 g/mol. The Balaban J connectivity index is -0.00000144. The minimum Gasteiger partial charge on any atom is -1.00 e. The van der Waals surface area contributed by atoms with E-state index in [9.17, 15) is 8.76 Å². The topological polar surface area (TPSA) is 49.4 Å². The molecule has 19 heavy (non-hydrogen) atoms. The van der Waals surface area contributed by atoms with E-state index in [4.69, 9.17) is 0 Å². The van der Waals surface area contributed by atoms with Crippen molar-refractivity contribution in [1.82, 2.24) is 0 Å². The first-order valence-electron chi connectivity index (χ1n) is 7.50. The zero-order chi connectivity index (χ0) is 13.5. The maximum absolute atomic E-state index is 10.1. The van der Waals surface area contributed by atoms with Crippen LogP contribution in [0.2, 0.25) is 0 Å². The summed E-state index contributed by atoms with van der Waals surface area (Å²) in [5.41, 5.74) is 0. The smallest absolute Gasteiger partial charge is 1.00 e. The van der Waals surface area contributed by atoms with Gasteiger partial charge in [0.1, 0.15) is 0 Å². The van der Waals surface area contributed by atoms with Crippen molar-refractivity contribution in [2.45, 2.75) is 84.0 Å². The maximum Gasteiger partial charge on any atom is 1.00 e. The second kappa shape index (κ2) is 18.7. The first-order chi connectivity index (χ1) is 8.77. The van der Waals surface area contributed by atoms with Gasteiger partial charge in [0.15, 0.2) is 0 Å². The Morgan fingerprint density at radius 1 is 0.842 bits per heavy atom. The van der Waals surface area contributed by atoms with E-state index in [0.717, 1.165) is 12.8 Å². The molecule has 0 aromatic heterocycles. The van der Waals surface area contributed by atoms with Gasteiger partial charge < -0.3 is 10.2 Å². The summed E-state index contributed by atoms with van der Waals surface area (Å²) in [6, 6.07) is 0. The van der Waals surface area contributed by atoms with Crippen molar-refractivity contribution in [2.24, 2.45) is 0 Å². The quantitative estimate of drug-likeness (QED) is 0.277. The average Bonchev–Trinajstić information content (AvgIpc) is 2.34. The summed E-state index contributed by atoms with van der Waals surface area (Å²) < 4.78 is 24.6. The standard InChI is InChI=1S/C14H30O3S.Li.H/c1-2-3-4-5-6-7-8-9-10-11-12-13-14-17-18(15)16;;/h2-14H2,1H3,(H,15,16);;/q;+1;-1/p-1. The fourth-order valence-corrected chi connectivity index (χ4v) is 2.32. The molecule has 0 amide bonds. The molecule has 0 N–H and O–H groups in total. The van der Waals surface area contributed by atoms with E-state index in [1.807, 2.05) is 0 Å². The molecule has 0 aliphatic carbocycles. The molecule has 0 aromatic rings. The van der Waals surface area contributed by atoms with Crippen LogP contribution in [0.1, 0.15) is 85.4 Å². The Hall–Kier alpha value is 0.667. The SMILES string of the molecule is CCCCCCCCCCCCCCOS(=O)[O-].[H-].[Li+]. The van der Waals surface area contributed by atoms with Crippen LogP contribution >= 0.6 is 0 Å². The molecular formula is C14H30LiO3S-. The van der Waals surface area contributed by atoms with Crippen molar-refractivity contribution in [1.29, 1.82) is 0 Å². The van der Waals surface area contributed by atoms with E-state index in [1.165, 1.54) is 64.2 Å². The molecule has 0 aliphatic rings. The normalized spacial score (nSPS) is 12.1. The molecule has 1 atom stereocenters. The Labute approximate surface area is 135 Å². The minimum absolute atomic E-state index is 0. The second-order valence-corrected chi connectivity index (χ2v) is 5.56. The largest absolute Gasteiger partial charge is 1.00 e. The summed E-state index contributed by atoms with van der Waals surface area (Å²) in [4.78, 5) is 0. The van der Waals surface area contributed by atoms with Gasteiger partial charge in [0.2, 0.25) is 0 Å². The van der Waals surface area contributed by atoms with Gasteiger partial charge in [-0.3, -0.25) is 0 Å². The summed E-state index contributed by atoms with van der Waals surface area (Å²) >= 11 is -2.33. The third-order valence-corrected chi connectivity index (χ3v) is 3.54. The summed E-state index contributed by atoms with van der Waals surface area (Å²) in [5, 5.41) is 0. The van der Waals surface area contributed by atoms with Crippen molar-refractivity contribution >= 4 is 11.4 Å². The van der Waals surface area contributed by atoms with Gasteiger partial charge >= 0.3 is 18.9 Å². The third-order valence-electron chi connectivity index (χ3n) is 3.18. The van der Waals surface area contributed by atoms with Gasteiger partial charge in [-0.1, -0.05) is 77.6 Å². The van der Waals surface area contributed by atoms with Crippen LogP contribution in [0.4, 0.5) is 0 Å². The maximum atomic E-state index is 10.1. The second-order valence-electron chi connectivity index (χ2n) is 4.92. The van der Waals surface area contributed by atoms with Gasteiger partial charge in [0.05, 0.1) is 18.0 Å². The molecule has 0 bridgehead atoms. The van der Waals surface area contributed by atoms with E-state index in [-0.39, 0.29) is 20.3 Å². The van der Waals surface area contributed by atoms with Crippen LogP contribution in [0, 0.1) is 0 Å². The molecule has 0 heterocycles. The van der Waals surface area contributed by atoms with Gasteiger partial charge in [-0.05, 0) is 6.42 Å². The Bertz CT molecular complexity index is 197. The van der Waals surface area contributed by atoms with Crippen LogP contribution in [0.3, 0.4) is 0 Å². The van der Waals surface area contributed by atoms with E-state index < -0.39 is 11.4 Å². The molecule has 0 aliphatic heterocycles. The van der Waals surface area contributed by atoms with Gasteiger partial charge in [-0.25, -0.2) is 4.21 Å². The zero-order valence-corrected chi connectivity index (χ0v) is 13.6. The molecule has 3 nitrogen and oxygen atoms in total. The number of hydrogen-bond donors (Lipinski definition) is 0. The van der Waals surface area contributed by atoms with Gasteiger partial charge in [0, 0.05) is 0 Å². The number of rotatable bonds is 14. The van der Waals surface area contributed by atoms with Crippen molar-refractivity contribution in [3.05, 3.63) is 0 Å². The molecular weight excluding hydrogens is 255 g/mol. The van der Waals surface area contributed by atoms with Crippen LogP contribution < -0.4 is 18.9 Å². The van der Waals surface area contributed by atoms with Gasteiger partial charge in [-0.15, -0.1) is 0 Å². The number of unbranched alkanes of at least 4 members (excludes halogenated alkanes) is 11. The molecule has 0 rings (SSSR count). The Morgan fingerprint density at radius 3 is 1.58 bits per heavy atom. The molecule has 0 aromatic carbocycles. The molecule has 0 saturated heterocycles. The summed E-state index contributed by atoms with van der Waals surface area (Å²) in [6.45, 7) is 2.59. The fourth-order valence-electron chi connectivity index (χ4n) is 2.07. The van der Waals surface area contributed by atoms with Gasteiger partial charge in [0.25, 0.3) is 0 Å². The van der Waals surface area contributed by atoms with E-state index in [0.29, 0.717) is 6.61 Å². The van der Waals surface area contributed by atoms with E-state index in [2.05, 4.69) is 11.1 Å². The summed E-state index contributed by atoms with van der Waals surface area (Å²) in [7, 11) is 0. The van der Waals surface area contributed by atoms with Crippen molar-refractivity contribution in [3.8, 4) is 0 Å². The Morgan fingerprint density at radius 2 is 1.21 bits per heavy atom. The zero-order valence-electron chi connectivity index (χ0n) is 13.8. The van der Waals surface area contributed by atoms with Crippen LogP contribution in [0.5, 0.6) is 0 Å². The van der Waals surface area contributed by atoms with E-state index >= 15 is 0 Å². The van der Waals surface area contributed by atoms with E-state index in [1.54, 1.807) is 0 Å². The molecule has 0 spiro atoms. The predicted molar refractivity (Wildman–Crippen MR) is 77.1 cm³/mol. The molecule has 0 saturated carbocycles. The fraction of sp³-hybridized carbons (Fsp3) is 1.00. The van der Waals surface area contributed by atoms with Crippen LogP contribution in [0.25, 0.3) is 0 Å². The molecule has 1 unspecified atom stereocenters. The summed E-state index contributed by atoms with van der Waals surface area (Å²) in [5.74, 6) is 0. The van der Waals surface area contributed by atoms with Crippen molar-refractivity contribution in [3.63, 3.8) is 0 Å². The predicted octanol–water partition coefficient (Wildman–Crippen LogP) is 1.61. The molecule has 5 heteroatoms. The number of hydrogen-bond acceptors (Lipinski definition) is 3. The molecule has 0 fully saturated rings. The van der Waals surface area contributed by atoms with Crippen LogP contribution in [0.15, 0.2) is 0 Å². The third kappa shape index (κ3) is 21.1. The Kier molecular flexibility index (Phi) is 21.6. The first-order valence-corrected chi connectivity index (χ1v) is 8.50. The summed E-state index contributed by atoms with van der Waals surface area (Å²) in [6.07, 6.45) is 15.4. The molecule has 112 valence electrons. The van der Waals surface area contributed by atoms with Crippen molar-refractivity contribution < 1.29 is 33.2 Å². The van der Waals surface area contributed by atoms with Crippen LogP contribution in [-0.2, 0) is 15.5 Å². The molecule has 0 radical (unpaired) electrons. The first kappa shape index (κ1) is 22.0.